The zero-order chi connectivity index (χ0) is 10.9. The fourth-order valence-corrected chi connectivity index (χ4v) is 2.49. The van der Waals surface area contributed by atoms with Gasteiger partial charge in [0.25, 0.3) is 0 Å². The molecule has 0 aliphatic rings. The number of anilines is 1. The highest BCUT2D eigenvalue weighted by molar-refractivity contribution is 6.88. The van der Waals surface area contributed by atoms with E-state index < -0.39 is 8.07 Å². The highest BCUT2D eigenvalue weighted by Gasteiger charge is 2.21. The van der Waals surface area contributed by atoms with E-state index in [0.717, 1.165) is 5.19 Å². The molecule has 0 unspecified atom stereocenters. The van der Waals surface area contributed by atoms with Crippen molar-refractivity contribution in [1.29, 1.82) is 0 Å². The Bertz CT molecular complexity index is 331. The van der Waals surface area contributed by atoms with E-state index in [0.29, 0.717) is 5.82 Å². The molecule has 14 heavy (non-hydrogen) atoms. The average Bonchev–Trinajstić information content (AvgIpc) is 2.01. The molecule has 0 fully saturated rings. The van der Waals surface area contributed by atoms with E-state index in [1.54, 1.807) is 4.90 Å². The minimum Gasteiger partial charge on any atom is -0.363 e. The molecule has 0 saturated heterocycles. The van der Waals surface area contributed by atoms with Crippen LogP contribution in [0.3, 0.4) is 0 Å². The molecule has 0 aromatic carbocycles. The molecular weight excluding hydrogens is 195 g/mol. The summed E-state index contributed by atoms with van der Waals surface area (Å²) < 4.78 is 13.6. The number of aromatic nitrogens is 1. The second-order valence-corrected chi connectivity index (χ2v) is 9.69. The molecule has 0 atom stereocenters. The first kappa shape index (κ1) is 11.2. The molecule has 0 saturated carbocycles. The standard InChI is InChI=1S/C10H17FN2Si/c1-13(2)9-7-6-8(10(11)12-9)14(3,4)5/h6-7H,1-5H3. The highest BCUT2D eigenvalue weighted by Crippen LogP contribution is 2.10. The third kappa shape index (κ3) is 2.32. The molecule has 1 aromatic rings. The first-order chi connectivity index (χ1) is 6.32. The van der Waals surface area contributed by atoms with Gasteiger partial charge >= 0.3 is 0 Å². The lowest BCUT2D eigenvalue weighted by molar-refractivity contribution is 0.591. The van der Waals surface area contributed by atoms with Crippen molar-refractivity contribution >= 4 is 19.1 Å². The molecular formula is C10H17FN2Si. The van der Waals surface area contributed by atoms with Crippen molar-refractivity contribution < 1.29 is 4.39 Å². The summed E-state index contributed by atoms with van der Waals surface area (Å²) in [5.41, 5.74) is 0. The minimum atomic E-state index is -1.59. The number of hydrogen-bond acceptors (Lipinski definition) is 2. The molecule has 2 nitrogen and oxygen atoms in total. The van der Waals surface area contributed by atoms with E-state index in [-0.39, 0.29) is 5.95 Å². The van der Waals surface area contributed by atoms with Gasteiger partial charge in [0.1, 0.15) is 5.82 Å². The summed E-state index contributed by atoms with van der Waals surface area (Å²) in [5, 5.41) is 0.795. The van der Waals surface area contributed by atoms with Gasteiger partial charge < -0.3 is 4.90 Å². The van der Waals surface area contributed by atoms with Crippen molar-refractivity contribution in [3.05, 3.63) is 18.1 Å². The molecule has 0 amide bonds. The van der Waals surface area contributed by atoms with Crippen molar-refractivity contribution in [2.75, 3.05) is 19.0 Å². The normalized spacial score (nSPS) is 11.6. The Kier molecular flexibility index (Phi) is 2.94. The lowest BCUT2D eigenvalue weighted by Crippen LogP contribution is -2.40. The summed E-state index contributed by atoms with van der Waals surface area (Å²) in [6.07, 6.45) is 0. The Morgan fingerprint density at radius 2 is 1.79 bits per heavy atom. The predicted octanol–water partition coefficient (Wildman–Crippen LogP) is 1.83. The van der Waals surface area contributed by atoms with Gasteiger partial charge in [-0.15, -0.1) is 0 Å². The maximum absolute atomic E-state index is 13.6. The van der Waals surface area contributed by atoms with Gasteiger partial charge in [0, 0.05) is 14.1 Å². The van der Waals surface area contributed by atoms with Crippen LogP contribution in [0.5, 0.6) is 0 Å². The van der Waals surface area contributed by atoms with Gasteiger partial charge in [-0.2, -0.15) is 4.39 Å². The van der Waals surface area contributed by atoms with Crippen LogP contribution in [-0.4, -0.2) is 27.2 Å². The van der Waals surface area contributed by atoms with Gasteiger partial charge in [-0.3, -0.25) is 0 Å². The second-order valence-electron chi connectivity index (χ2n) is 4.65. The summed E-state index contributed by atoms with van der Waals surface area (Å²) in [6, 6.07) is 3.74. The predicted molar refractivity (Wildman–Crippen MR) is 61.5 cm³/mol. The lowest BCUT2D eigenvalue weighted by Gasteiger charge is -2.18. The van der Waals surface area contributed by atoms with Gasteiger partial charge in [-0.05, 0) is 11.3 Å². The summed E-state index contributed by atoms with van der Waals surface area (Å²) in [7, 11) is 2.12. The Hall–Kier alpha value is -0.903. The van der Waals surface area contributed by atoms with Gasteiger partial charge in [0.15, 0.2) is 0 Å². The van der Waals surface area contributed by atoms with Crippen molar-refractivity contribution in [3.8, 4) is 0 Å². The Morgan fingerprint density at radius 1 is 1.21 bits per heavy atom. The fraction of sp³-hybridized carbons (Fsp3) is 0.500. The molecule has 0 aliphatic carbocycles. The van der Waals surface area contributed by atoms with Crippen LogP contribution in [-0.2, 0) is 0 Å². The maximum Gasteiger partial charge on any atom is 0.213 e. The lowest BCUT2D eigenvalue weighted by atomic mass is 10.4. The zero-order valence-electron chi connectivity index (χ0n) is 9.43. The summed E-state index contributed by atoms with van der Waals surface area (Å²) in [5.74, 6) is 0.361. The Labute approximate surface area is 85.8 Å². The van der Waals surface area contributed by atoms with Crippen LogP contribution in [0.2, 0.25) is 19.6 Å². The van der Waals surface area contributed by atoms with Crippen molar-refractivity contribution in [2.45, 2.75) is 19.6 Å². The molecule has 1 heterocycles. The molecule has 1 rings (SSSR count). The molecule has 0 radical (unpaired) electrons. The van der Waals surface area contributed by atoms with E-state index in [1.807, 2.05) is 26.2 Å². The van der Waals surface area contributed by atoms with Gasteiger partial charge in [-0.25, -0.2) is 4.98 Å². The van der Waals surface area contributed by atoms with Crippen LogP contribution in [0.1, 0.15) is 0 Å². The summed E-state index contributed by atoms with van der Waals surface area (Å²) in [6.45, 7) is 6.34. The van der Waals surface area contributed by atoms with Gasteiger partial charge in [0.2, 0.25) is 5.95 Å². The van der Waals surface area contributed by atoms with Crippen molar-refractivity contribution in [3.63, 3.8) is 0 Å². The SMILES string of the molecule is CN(C)c1ccc([Si](C)(C)C)c(F)n1. The summed E-state index contributed by atoms with van der Waals surface area (Å²) in [4.78, 5) is 5.74. The minimum absolute atomic E-state index is 0.310. The fourth-order valence-electron chi connectivity index (χ4n) is 1.23. The van der Waals surface area contributed by atoms with Crippen LogP contribution < -0.4 is 10.1 Å². The highest BCUT2D eigenvalue weighted by atomic mass is 28.3. The molecule has 0 N–H and O–H groups in total. The van der Waals surface area contributed by atoms with E-state index in [2.05, 4.69) is 24.6 Å². The number of pyridine rings is 1. The molecule has 0 bridgehead atoms. The molecule has 0 aliphatic heterocycles. The Balaban J connectivity index is 3.15. The second kappa shape index (κ2) is 3.69. The number of hydrogen-bond donors (Lipinski definition) is 0. The molecule has 1 aromatic heterocycles. The van der Waals surface area contributed by atoms with Crippen molar-refractivity contribution in [1.82, 2.24) is 4.98 Å². The topological polar surface area (TPSA) is 16.1 Å². The first-order valence-corrected chi connectivity index (χ1v) is 8.16. The van der Waals surface area contributed by atoms with Gasteiger partial charge in [-0.1, -0.05) is 25.7 Å². The third-order valence-electron chi connectivity index (χ3n) is 2.10. The van der Waals surface area contributed by atoms with Crippen LogP contribution in [0.4, 0.5) is 10.2 Å². The van der Waals surface area contributed by atoms with Crippen LogP contribution in [0.25, 0.3) is 0 Å². The van der Waals surface area contributed by atoms with Crippen molar-refractivity contribution in [2.24, 2.45) is 0 Å². The Morgan fingerprint density at radius 3 is 2.14 bits per heavy atom. The molecule has 4 heteroatoms. The van der Waals surface area contributed by atoms with Gasteiger partial charge in [0.05, 0.1) is 8.07 Å². The number of rotatable bonds is 2. The van der Waals surface area contributed by atoms with E-state index in [1.165, 1.54) is 0 Å². The molecule has 78 valence electrons. The summed E-state index contributed by atoms with van der Waals surface area (Å²) >= 11 is 0. The molecule has 0 spiro atoms. The van der Waals surface area contributed by atoms with Crippen LogP contribution in [0.15, 0.2) is 12.1 Å². The van der Waals surface area contributed by atoms with Crippen LogP contribution in [0, 0.1) is 5.95 Å². The maximum atomic E-state index is 13.6. The first-order valence-electron chi connectivity index (χ1n) is 4.66. The number of halogens is 1. The third-order valence-corrected chi connectivity index (χ3v) is 4.09. The van der Waals surface area contributed by atoms with E-state index >= 15 is 0 Å². The zero-order valence-corrected chi connectivity index (χ0v) is 10.4. The van der Waals surface area contributed by atoms with E-state index in [9.17, 15) is 4.39 Å². The number of nitrogens with zero attached hydrogens (tertiary/aromatic N) is 2. The van der Waals surface area contributed by atoms with E-state index in [4.69, 9.17) is 0 Å². The quantitative estimate of drug-likeness (QED) is 0.549. The largest absolute Gasteiger partial charge is 0.363 e. The monoisotopic (exact) mass is 212 g/mol. The van der Waals surface area contributed by atoms with Crippen LogP contribution >= 0.6 is 0 Å². The smallest absolute Gasteiger partial charge is 0.213 e. The average molecular weight is 212 g/mol.